The van der Waals surface area contributed by atoms with E-state index < -0.39 is 0 Å². The van der Waals surface area contributed by atoms with Crippen LogP contribution in [-0.4, -0.2) is 24.0 Å². The summed E-state index contributed by atoms with van der Waals surface area (Å²) in [4.78, 5) is 14.8. The van der Waals surface area contributed by atoms with E-state index in [-0.39, 0.29) is 5.91 Å². The van der Waals surface area contributed by atoms with E-state index in [1.54, 1.807) is 18.2 Å². The van der Waals surface area contributed by atoms with E-state index in [1.807, 2.05) is 0 Å². The predicted molar refractivity (Wildman–Crippen MR) is 53.1 cm³/mol. The zero-order valence-corrected chi connectivity index (χ0v) is 7.99. The Bertz CT molecular complexity index is 315. The zero-order chi connectivity index (χ0) is 10.4. The van der Waals surface area contributed by atoms with Crippen molar-refractivity contribution in [2.75, 3.05) is 18.5 Å². The van der Waals surface area contributed by atoms with Crippen LogP contribution in [0.1, 0.15) is 6.92 Å². The molecule has 0 radical (unpaired) electrons. The summed E-state index contributed by atoms with van der Waals surface area (Å²) in [6, 6.07) is 5.15. The molecule has 0 aliphatic rings. The lowest BCUT2D eigenvalue weighted by molar-refractivity contribution is -0.114. The van der Waals surface area contributed by atoms with Gasteiger partial charge in [0.2, 0.25) is 11.8 Å². The molecule has 0 fully saturated rings. The number of anilines is 1. The second kappa shape index (κ2) is 5.18. The van der Waals surface area contributed by atoms with Crippen LogP contribution in [0.2, 0.25) is 0 Å². The van der Waals surface area contributed by atoms with Crippen molar-refractivity contribution in [3.8, 4) is 5.88 Å². The lowest BCUT2D eigenvalue weighted by atomic mass is 10.4. The van der Waals surface area contributed by atoms with Crippen molar-refractivity contribution in [3.63, 3.8) is 0 Å². The summed E-state index contributed by atoms with van der Waals surface area (Å²) in [5, 5.41) is 2.56. The van der Waals surface area contributed by atoms with E-state index in [2.05, 4.69) is 10.3 Å². The van der Waals surface area contributed by atoms with Gasteiger partial charge in [0.1, 0.15) is 12.4 Å². The number of carbonyl (C=O) groups excluding carboxylic acids is 1. The standard InChI is InChI=1S/C9H13N3O2/c1-7(13)11-8-3-2-4-9(12-8)14-6-5-10/h2-4H,5-6,10H2,1H3,(H,11,12,13). The van der Waals surface area contributed by atoms with Crippen LogP contribution in [-0.2, 0) is 4.79 Å². The molecule has 76 valence electrons. The molecule has 0 aliphatic heterocycles. The molecule has 3 N–H and O–H groups in total. The van der Waals surface area contributed by atoms with Crippen LogP contribution >= 0.6 is 0 Å². The molecule has 1 aromatic heterocycles. The summed E-state index contributed by atoms with van der Waals surface area (Å²) in [5.41, 5.74) is 5.27. The molecule has 0 aliphatic carbocycles. The van der Waals surface area contributed by atoms with Gasteiger partial charge < -0.3 is 15.8 Å². The lowest BCUT2D eigenvalue weighted by Crippen LogP contribution is -2.12. The van der Waals surface area contributed by atoms with Gasteiger partial charge in [-0.25, -0.2) is 0 Å². The fourth-order valence-corrected chi connectivity index (χ4v) is 0.909. The Hall–Kier alpha value is -1.62. The largest absolute Gasteiger partial charge is 0.476 e. The van der Waals surface area contributed by atoms with Crippen LogP contribution in [0, 0.1) is 0 Å². The van der Waals surface area contributed by atoms with Crippen molar-refractivity contribution in [3.05, 3.63) is 18.2 Å². The highest BCUT2D eigenvalue weighted by Crippen LogP contribution is 2.10. The maximum absolute atomic E-state index is 10.7. The molecule has 5 heteroatoms. The van der Waals surface area contributed by atoms with Crippen LogP contribution in [0.25, 0.3) is 0 Å². The molecule has 1 rings (SSSR count). The smallest absolute Gasteiger partial charge is 0.222 e. The van der Waals surface area contributed by atoms with Crippen molar-refractivity contribution in [1.29, 1.82) is 0 Å². The molecule has 0 unspecified atom stereocenters. The topological polar surface area (TPSA) is 77.2 Å². The number of hydrogen-bond donors (Lipinski definition) is 2. The molecule has 0 spiro atoms. The van der Waals surface area contributed by atoms with Crippen molar-refractivity contribution >= 4 is 11.7 Å². The number of pyridine rings is 1. The third-order valence-electron chi connectivity index (χ3n) is 1.40. The zero-order valence-electron chi connectivity index (χ0n) is 7.99. The van der Waals surface area contributed by atoms with Gasteiger partial charge in [0.15, 0.2) is 0 Å². The van der Waals surface area contributed by atoms with Crippen molar-refractivity contribution in [1.82, 2.24) is 4.98 Å². The van der Waals surface area contributed by atoms with Crippen LogP contribution in [0.15, 0.2) is 18.2 Å². The Labute approximate surface area is 82.3 Å². The Balaban J connectivity index is 2.63. The van der Waals surface area contributed by atoms with Crippen molar-refractivity contribution in [2.24, 2.45) is 5.73 Å². The average Bonchev–Trinajstić information content (AvgIpc) is 2.14. The molecule has 0 saturated carbocycles. The highest BCUT2D eigenvalue weighted by Gasteiger charge is 1.99. The number of carbonyl (C=O) groups is 1. The lowest BCUT2D eigenvalue weighted by Gasteiger charge is -2.05. The first-order chi connectivity index (χ1) is 6.72. The number of amides is 1. The van der Waals surface area contributed by atoms with Gasteiger partial charge in [-0.1, -0.05) is 6.07 Å². The summed E-state index contributed by atoms with van der Waals surface area (Å²) >= 11 is 0. The van der Waals surface area contributed by atoms with Crippen molar-refractivity contribution in [2.45, 2.75) is 6.92 Å². The molecule has 0 bridgehead atoms. The van der Waals surface area contributed by atoms with Crippen LogP contribution in [0.5, 0.6) is 5.88 Å². The second-order valence-corrected chi connectivity index (χ2v) is 2.68. The molecule has 1 aromatic rings. The van der Waals surface area contributed by atoms with Crippen LogP contribution in [0.3, 0.4) is 0 Å². The molecule has 0 aromatic carbocycles. The first-order valence-corrected chi connectivity index (χ1v) is 4.30. The number of nitrogens with zero attached hydrogens (tertiary/aromatic N) is 1. The second-order valence-electron chi connectivity index (χ2n) is 2.68. The normalized spacial score (nSPS) is 9.57. The minimum atomic E-state index is -0.159. The molecular formula is C9H13N3O2. The van der Waals surface area contributed by atoms with E-state index in [4.69, 9.17) is 10.5 Å². The van der Waals surface area contributed by atoms with E-state index >= 15 is 0 Å². The molecule has 0 atom stereocenters. The monoisotopic (exact) mass is 195 g/mol. The number of aromatic nitrogens is 1. The van der Waals surface area contributed by atoms with Gasteiger partial charge in [-0.2, -0.15) is 4.98 Å². The van der Waals surface area contributed by atoms with Gasteiger partial charge in [0.05, 0.1) is 0 Å². The van der Waals surface area contributed by atoms with Gasteiger partial charge in [0, 0.05) is 19.5 Å². The SMILES string of the molecule is CC(=O)Nc1cccc(OCCN)n1. The number of nitrogens with one attached hydrogen (secondary N) is 1. The van der Waals surface area contributed by atoms with E-state index in [9.17, 15) is 4.79 Å². The Morgan fingerprint density at radius 2 is 2.43 bits per heavy atom. The first kappa shape index (κ1) is 10.5. The number of rotatable bonds is 4. The van der Waals surface area contributed by atoms with Gasteiger partial charge >= 0.3 is 0 Å². The summed E-state index contributed by atoms with van der Waals surface area (Å²) < 4.78 is 5.19. The number of hydrogen-bond acceptors (Lipinski definition) is 4. The minimum Gasteiger partial charge on any atom is -0.476 e. The van der Waals surface area contributed by atoms with Crippen LogP contribution in [0.4, 0.5) is 5.82 Å². The van der Waals surface area contributed by atoms with Crippen LogP contribution < -0.4 is 15.8 Å². The predicted octanol–water partition coefficient (Wildman–Crippen LogP) is 0.377. The van der Waals surface area contributed by atoms with E-state index in [0.29, 0.717) is 24.8 Å². The molecule has 5 nitrogen and oxygen atoms in total. The fraction of sp³-hybridized carbons (Fsp3) is 0.333. The van der Waals surface area contributed by atoms with E-state index in [1.165, 1.54) is 6.92 Å². The highest BCUT2D eigenvalue weighted by atomic mass is 16.5. The van der Waals surface area contributed by atoms with Gasteiger partial charge in [-0.3, -0.25) is 4.79 Å². The Morgan fingerprint density at radius 3 is 3.07 bits per heavy atom. The van der Waals surface area contributed by atoms with Crippen molar-refractivity contribution < 1.29 is 9.53 Å². The minimum absolute atomic E-state index is 0.159. The Morgan fingerprint density at radius 1 is 1.64 bits per heavy atom. The third kappa shape index (κ3) is 3.40. The van der Waals surface area contributed by atoms with Gasteiger partial charge in [-0.15, -0.1) is 0 Å². The summed E-state index contributed by atoms with van der Waals surface area (Å²) in [7, 11) is 0. The fourth-order valence-electron chi connectivity index (χ4n) is 0.909. The van der Waals surface area contributed by atoms with E-state index in [0.717, 1.165) is 0 Å². The third-order valence-corrected chi connectivity index (χ3v) is 1.40. The maximum atomic E-state index is 10.7. The summed E-state index contributed by atoms with van der Waals surface area (Å²) in [6.07, 6.45) is 0. The average molecular weight is 195 g/mol. The summed E-state index contributed by atoms with van der Waals surface area (Å²) in [5.74, 6) is 0.780. The molecular weight excluding hydrogens is 182 g/mol. The molecule has 1 heterocycles. The highest BCUT2D eigenvalue weighted by molar-refractivity contribution is 5.87. The summed E-state index contributed by atoms with van der Waals surface area (Å²) in [6.45, 7) is 2.28. The van der Waals surface area contributed by atoms with Gasteiger partial charge in [-0.05, 0) is 6.07 Å². The molecule has 0 saturated heterocycles. The molecule has 14 heavy (non-hydrogen) atoms. The van der Waals surface area contributed by atoms with Gasteiger partial charge in [0.25, 0.3) is 0 Å². The Kier molecular flexibility index (Phi) is 3.87. The first-order valence-electron chi connectivity index (χ1n) is 4.30. The number of nitrogens with two attached hydrogens (primary N) is 1. The maximum Gasteiger partial charge on any atom is 0.222 e. The number of ether oxygens (including phenoxy) is 1. The quantitative estimate of drug-likeness (QED) is 0.728. The molecule has 1 amide bonds.